The van der Waals surface area contributed by atoms with Crippen LogP contribution in [0.1, 0.15) is 10.4 Å². The lowest BCUT2D eigenvalue weighted by molar-refractivity contribution is 0.101. The monoisotopic (exact) mass is 596 g/mol. The molecule has 0 saturated carbocycles. The van der Waals surface area contributed by atoms with Crippen LogP contribution in [0.25, 0.3) is 27.6 Å². The molecule has 0 spiro atoms. The molecule has 168 valence electrons. The van der Waals surface area contributed by atoms with Crippen molar-refractivity contribution in [2.24, 2.45) is 0 Å². The number of fused-ring (bicyclic) bond motifs is 2. The predicted molar refractivity (Wildman–Crippen MR) is 140 cm³/mol. The molecule has 0 aliphatic carbocycles. The third kappa shape index (κ3) is 4.26. The minimum absolute atomic E-state index is 0.0561. The van der Waals surface area contributed by atoms with Crippen LogP contribution in [0.2, 0.25) is 0 Å². The zero-order valence-corrected chi connectivity index (χ0v) is 21.3. The molecule has 0 bridgehead atoms. The number of nitrogens with zero attached hydrogens (tertiary/aromatic N) is 2. The first kappa shape index (κ1) is 22.8. The van der Waals surface area contributed by atoms with E-state index in [1.54, 1.807) is 48.5 Å². The van der Waals surface area contributed by atoms with Crippen LogP contribution in [0.4, 0.5) is 0 Å². The molecule has 34 heavy (non-hydrogen) atoms. The number of carbonyl (C=O) groups is 1. The molecule has 9 heteroatoms. The molecule has 2 heterocycles. The third-order valence-corrected chi connectivity index (χ3v) is 7.13. The van der Waals surface area contributed by atoms with E-state index in [2.05, 4.69) is 36.8 Å². The van der Waals surface area contributed by atoms with Gasteiger partial charge in [-0.1, -0.05) is 58.0 Å². The number of aromatic nitrogens is 2. The highest BCUT2D eigenvalue weighted by Crippen LogP contribution is 2.28. The molecule has 0 fully saturated rings. The van der Waals surface area contributed by atoms with E-state index in [-0.39, 0.29) is 16.9 Å². The molecule has 0 amide bonds. The molecule has 0 aliphatic heterocycles. The molecule has 0 unspecified atom stereocenters. The number of Topliss-reactive ketones (excluding diaryl/α,β-unsaturated/α-hetero) is 1. The van der Waals surface area contributed by atoms with Gasteiger partial charge in [0.05, 0.1) is 26.8 Å². The Bertz CT molecular complexity index is 1700. The van der Waals surface area contributed by atoms with Crippen LogP contribution in [-0.4, -0.2) is 21.1 Å². The van der Waals surface area contributed by atoms with Crippen molar-refractivity contribution >= 4 is 71.3 Å². The van der Waals surface area contributed by atoms with Gasteiger partial charge in [-0.25, -0.2) is 9.78 Å². The van der Waals surface area contributed by atoms with Crippen LogP contribution < -0.4 is 11.2 Å². The molecule has 6 nitrogen and oxygen atoms in total. The number of rotatable bonds is 5. The van der Waals surface area contributed by atoms with Crippen molar-refractivity contribution in [2.45, 2.75) is 5.16 Å². The summed E-state index contributed by atoms with van der Waals surface area (Å²) in [5.74, 6) is -0.512. The van der Waals surface area contributed by atoms with E-state index in [9.17, 15) is 14.4 Å². The molecule has 0 radical (unpaired) electrons. The first-order chi connectivity index (χ1) is 16.4. The summed E-state index contributed by atoms with van der Waals surface area (Å²) >= 11 is 7.87. The predicted octanol–water partition coefficient (Wildman–Crippen LogP) is 5.99. The van der Waals surface area contributed by atoms with Crippen LogP contribution in [-0.2, 0) is 0 Å². The molecule has 0 N–H and O–H groups in total. The van der Waals surface area contributed by atoms with E-state index in [4.69, 9.17) is 4.42 Å². The Labute approximate surface area is 213 Å². The lowest BCUT2D eigenvalue weighted by atomic mass is 10.1. The van der Waals surface area contributed by atoms with Crippen molar-refractivity contribution in [1.82, 2.24) is 9.55 Å². The summed E-state index contributed by atoms with van der Waals surface area (Å²) in [6.07, 6.45) is 0. The second kappa shape index (κ2) is 9.32. The third-order valence-electron chi connectivity index (χ3n) is 5.14. The Hall–Kier alpha value is -3.01. The number of hydrogen-bond acceptors (Lipinski definition) is 6. The quantitative estimate of drug-likeness (QED) is 0.107. The highest BCUT2D eigenvalue weighted by Gasteiger charge is 2.19. The Balaban J connectivity index is 1.54. The standard InChI is InChI=1S/C25H14Br2N2O4S/c26-15-10-14-11-18(24(32)33-22(14)19(27)12-15)21(30)13-34-25-28-20-9-5-4-8-17(20)23(31)29(25)16-6-2-1-3-7-16/h1-12H,13H2. The fourth-order valence-electron chi connectivity index (χ4n) is 3.57. The summed E-state index contributed by atoms with van der Waals surface area (Å²) in [6, 6.07) is 21.2. The van der Waals surface area contributed by atoms with Gasteiger partial charge in [0.2, 0.25) is 0 Å². The fraction of sp³-hybridized carbons (Fsp3) is 0.0400. The lowest BCUT2D eigenvalue weighted by Crippen LogP contribution is -2.22. The highest BCUT2D eigenvalue weighted by atomic mass is 79.9. The van der Waals surface area contributed by atoms with E-state index in [0.717, 1.165) is 16.2 Å². The largest absolute Gasteiger partial charge is 0.421 e. The number of benzene rings is 3. The number of halogens is 2. The van der Waals surface area contributed by atoms with Crippen molar-refractivity contribution in [2.75, 3.05) is 5.75 Å². The normalized spacial score (nSPS) is 11.2. The average molecular weight is 598 g/mol. The SMILES string of the molecule is O=C(CSc1nc2ccccc2c(=O)n1-c1ccccc1)c1cc2cc(Br)cc(Br)c2oc1=O. The van der Waals surface area contributed by atoms with Crippen LogP contribution in [0.15, 0.2) is 101 Å². The molecule has 0 saturated heterocycles. The van der Waals surface area contributed by atoms with Gasteiger partial charge in [0.15, 0.2) is 16.5 Å². The first-order valence-corrected chi connectivity index (χ1v) is 12.7. The van der Waals surface area contributed by atoms with E-state index in [1.807, 2.05) is 18.2 Å². The number of carbonyl (C=O) groups excluding carboxylic acids is 1. The van der Waals surface area contributed by atoms with E-state index in [0.29, 0.717) is 37.2 Å². The Morgan fingerprint density at radius 1 is 0.971 bits per heavy atom. The lowest BCUT2D eigenvalue weighted by Gasteiger charge is -2.13. The summed E-state index contributed by atoms with van der Waals surface area (Å²) in [6.45, 7) is 0. The zero-order chi connectivity index (χ0) is 23.8. The van der Waals surface area contributed by atoms with Gasteiger partial charge in [0.1, 0.15) is 5.56 Å². The van der Waals surface area contributed by atoms with Gasteiger partial charge in [-0.15, -0.1) is 0 Å². The number of para-hydroxylation sites is 2. The van der Waals surface area contributed by atoms with Crippen molar-refractivity contribution in [3.63, 3.8) is 0 Å². The van der Waals surface area contributed by atoms with Crippen LogP contribution in [0.3, 0.4) is 0 Å². The number of thioether (sulfide) groups is 1. The van der Waals surface area contributed by atoms with E-state index >= 15 is 0 Å². The van der Waals surface area contributed by atoms with Crippen molar-refractivity contribution in [1.29, 1.82) is 0 Å². The Morgan fingerprint density at radius 2 is 1.71 bits per heavy atom. The number of hydrogen-bond donors (Lipinski definition) is 0. The van der Waals surface area contributed by atoms with Gasteiger partial charge in [0.25, 0.3) is 5.56 Å². The maximum Gasteiger partial charge on any atom is 0.347 e. The van der Waals surface area contributed by atoms with Gasteiger partial charge >= 0.3 is 5.63 Å². The smallest absolute Gasteiger partial charge is 0.347 e. The average Bonchev–Trinajstić information content (AvgIpc) is 2.83. The molecule has 0 aliphatic rings. The van der Waals surface area contributed by atoms with Gasteiger partial charge in [-0.2, -0.15) is 0 Å². The van der Waals surface area contributed by atoms with E-state index < -0.39 is 11.4 Å². The minimum atomic E-state index is -0.715. The van der Waals surface area contributed by atoms with Gasteiger partial charge in [-0.05, 0) is 58.4 Å². The molecule has 0 atom stereocenters. The van der Waals surface area contributed by atoms with Gasteiger partial charge < -0.3 is 4.42 Å². The van der Waals surface area contributed by atoms with E-state index in [1.165, 1.54) is 10.6 Å². The van der Waals surface area contributed by atoms with Crippen LogP contribution in [0.5, 0.6) is 0 Å². The zero-order valence-electron chi connectivity index (χ0n) is 17.3. The molecular formula is C25H14Br2N2O4S. The summed E-state index contributed by atoms with van der Waals surface area (Å²) in [4.78, 5) is 43.5. The first-order valence-electron chi connectivity index (χ1n) is 10.1. The minimum Gasteiger partial charge on any atom is -0.421 e. The topological polar surface area (TPSA) is 82.2 Å². The second-order valence-corrected chi connectivity index (χ2v) is 10.1. The summed E-state index contributed by atoms with van der Waals surface area (Å²) in [7, 11) is 0. The highest BCUT2D eigenvalue weighted by molar-refractivity contribution is 9.11. The summed E-state index contributed by atoms with van der Waals surface area (Å²) in [5, 5.41) is 1.45. The van der Waals surface area contributed by atoms with Crippen molar-refractivity contribution in [3.05, 3.63) is 108 Å². The maximum absolute atomic E-state index is 13.3. The van der Waals surface area contributed by atoms with Gasteiger partial charge in [-0.3, -0.25) is 14.2 Å². The molecular weight excluding hydrogens is 584 g/mol. The maximum atomic E-state index is 13.3. The Morgan fingerprint density at radius 3 is 2.50 bits per heavy atom. The van der Waals surface area contributed by atoms with Crippen molar-refractivity contribution in [3.8, 4) is 5.69 Å². The fourth-order valence-corrected chi connectivity index (χ4v) is 5.81. The van der Waals surface area contributed by atoms with Crippen molar-refractivity contribution < 1.29 is 9.21 Å². The Kier molecular flexibility index (Phi) is 6.24. The molecule has 2 aromatic heterocycles. The van der Waals surface area contributed by atoms with Crippen LogP contribution in [0, 0.1) is 0 Å². The molecule has 5 aromatic rings. The van der Waals surface area contributed by atoms with Crippen LogP contribution >= 0.6 is 43.6 Å². The molecule has 5 rings (SSSR count). The summed E-state index contributed by atoms with van der Waals surface area (Å²) in [5.41, 5.74) is 0.542. The summed E-state index contributed by atoms with van der Waals surface area (Å²) < 4.78 is 8.27. The molecule has 3 aromatic carbocycles. The number of ketones is 1. The second-order valence-electron chi connectivity index (χ2n) is 7.35. The van der Waals surface area contributed by atoms with Gasteiger partial charge in [0, 0.05) is 9.86 Å².